The van der Waals surface area contributed by atoms with Gasteiger partial charge in [0.05, 0.1) is 21.3 Å². The summed E-state index contributed by atoms with van der Waals surface area (Å²) in [5, 5.41) is 0. The molecule has 2 atom stereocenters. The van der Waals surface area contributed by atoms with Crippen molar-refractivity contribution in [2.24, 2.45) is 0 Å². The number of rotatable bonds is 4. The van der Waals surface area contributed by atoms with E-state index in [0.717, 1.165) is 14.2 Å². The second-order valence-corrected chi connectivity index (χ2v) is 3.54. The summed E-state index contributed by atoms with van der Waals surface area (Å²) in [5.74, 6) is -2.33. The van der Waals surface area contributed by atoms with Crippen molar-refractivity contribution in [3.63, 3.8) is 0 Å². The lowest BCUT2D eigenvalue weighted by atomic mass is 10.1. The first kappa shape index (κ1) is 15.1. The Labute approximate surface area is 109 Å². The molecular weight excluding hydrogens is 260 g/mol. The Kier molecular flexibility index (Phi) is 5.46. The van der Waals surface area contributed by atoms with Crippen LogP contribution in [0.5, 0.6) is 0 Å². The van der Waals surface area contributed by atoms with E-state index in [9.17, 15) is 14.4 Å². The van der Waals surface area contributed by atoms with E-state index in [1.807, 2.05) is 0 Å². The third kappa shape index (κ3) is 3.76. The van der Waals surface area contributed by atoms with Crippen molar-refractivity contribution in [2.75, 3.05) is 21.3 Å². The van der Waals surface area contributed by atoms with Crippen molar-refractivity contribution in [2.45, 2.75) is 18.6 Å². The first-order valence-electron chi connectivity index (χ1n) is 5.31. The molecule has 0 amide bonds. The van der Waals surface area contributed by atoms with Crippen LogP contribution in [-0.4, -0.2) is 51.4 Å². The minimum absolute atomic E-state index is 0.115. The molecule has 1 aliphatic heterocycles. The molecule has 0 N–H and O–H groups in total. The summed E-state index contributed by atoms with van der Waals surface area (Å²) in [5.41, 5.74) is -0.330. The van der Waals surface area contributed by atoms with Gasteiger partial charge in [-0.15, -0.1) is 0 Å². The molecule has 19 heavy (non-hydrogen) atoms. The molecule has 1 saturated heterocycles. The third-order valence-corrected chi connectivity index (χ3v) is 2.37. The molecule has 0 aromatic carbocycles. The van der Waals surface area contributed by atoms with E-state index >= 15 is 0 Å². The van der Waals surface area contributed by atoms with Crippen LogP contribution in [0.15, 0.2) is 11.6 Å². The number of ether oxygens (including phenoxy) is 3. The summed E-state index contributed by atoms with van der Waals surface area (Å²) >= 11 is 0. The van der Waals surface area contributed by atoms with Crippen LogP contribution in [0.1, 0.15) is 6.42 Å². The Morgan fingerprint density at radius 3 is 2.05 bits per heavy atom. The van der Waals surface area contributed by atoms with Crippen LogP contribution in [0.25, 0.3) is 0 Å². The lowest BCUT2D eigenvalue weighted by Crippen LogP contribution is -2.21. The molecule has 1 fully saturated rings. The molecule has 0 spiro atoms. The van der Waals surface area contributed by atoms with E-state index in [-0.39, 0.29) is 12.0 Å². The Bertz CT molecular complexity index is 381. The molecule has 0 aromatic heterocycles. The van der Waals surface area contributed by atoms with Crippen molar-refractivity contribution < 1.29 is 38.4 Å². The number of hydrogen-bond acceptors (Lipinski definition) is 8. The summed E-state index contributed by atoms with van der Waals surface area (Å²) in [4.78, 5) is 43.5. The Morgan fingerprint density at radius 2 is 1.58 bits per heavy atom. The Balaban J connectivity index is 2.78. The average Bonchev–Trinajstić information content (AvgIpc) is 2.90. The minimum Gasteiger partial charge on any atom is -0.467 e. The summed E-state index contributed by atoms with van der Waals surface area (Å²) in [7, 11) is 3.47. The molecular formula is C11H14O8. The summed E-state index contributed by atoms with van der Waals surface area (Å²) in [6, 6.07) is 0. The van der Waals surface area contributed by atoms with Gasteiger partial charge in [0, 0.05) is 6.42 Å². The predicted octanol–water partition coefficient (Wildman–Crippen LogP) is -0.479. The van der Waals surface area contributed by atoms with Crippen LogP contribution in [0.2, 0.25) is 0 Å². The van der Waals surface area contributed by atoms with Crippen LogP contribution in [0, 0.1) is 0 Å². The molecule has 0 aromatic rings. The van der Waals surface area contributed by atoms with E-state index in [0.29, 0.717) is 0 Å². The van der Waals surface area contributed by atoms with Crippen LogP contribution >= 0.6 is 0 Å². The zero-order chi connectivity index (χ0) is 14.4. The van der Waals surface area contributed by atoms with E-state index in [2.05, 4.69) is 14.2 Å². The SMILES string of the molecule is COC(=O)C(=C[C@@H]1C[C@@H](C(=O)OC)OO1)C(=O)OC. The van der Waals surface area contributed by atoms with Gasteiger partial charge in [0.15, 0.2) is 6.10 Å². The van der Waals surface area contributed by atoms with Gasteiger partial charge in [-0.3, -0.25) is 0 Å². The second kappa shape index (κ2) is 6.86. The number of carbonyl (C=O) groups excluding carboxylic acids is 3. The minimum atomic E-state index is -0.900. The van der Waals surface area contributed by atoms with Gasteiger partial charge in [0.25, 0.3) is 0 Å². The molecule has 1 aliphatic rings. The summed E-state index contributed by atoms with van der Waals surface area (Å²) in [6.07, 6.45) is -0.356. The number of esters is 3. The van der Waals surface area contributed by atoms with Gasteiger partial charge in [-0.2, -0.15) is 0 Å². The molecule has 0 radical (unpaired) electrons. The fraction of sp³-hybridized carbons (Fsp3) is 0.545. The van der Waals surface area contributed by atoms with Crippen molar-refractivity contribution in [3.8, 4) is 0 Å². The highest BCUT2D eigenvalue weighted by Crippen LogP contribution is 2.20. The highest BCUT2D eigenvalue weighted by atomic mass is 17.2. The first-order valence-corrected chi connectivity index (χ1v) is 5.31. The van der Waals surface area contributed by atoms with Crippen molar-refractivity contribution in [1.82, 2.24) is 0 Å². The number of hydrogen-bond donors (Lipinski definition) is 0. The summed E-state index contributed by atoms with van der Waals surface area (Å²) < 4.78 is 13.4. The molecule has 0 aliphatic carbocycles. The lowest BCUT2D eigenvalue weighted by Gasteiger charge is -2.05. The van der Waals surface area contributed by atoms with Crippen LogP contribution in [0.3, 0.4) is 0 Å². The molecule has 106 valence electrons. The number of methoxy groups -OCH3 is 3. The zero-order valence-corrected chi connectivity index (χ0v) is 10.7. The van der Waals surface area contributed by atoms with Gasteiger partial charge >= 0.3 is 17.9 Å². The maximum absolute atomic E-state index is 11.4. The van der Waals surface area contributed by atoms with Crippen molar-refractivity contribution >= 4 is 17.9 Å². The van der Waals surface area contributed by atoms with E-state index in [1.165, 1.54) is 13.2 Å². The highest BCUT2D eigenvalue weighted by Gasteiger charge is 2.34. The Morgan fingerprint density at radius 1 is 1.00 bits per heavy atom. The second-order valence-electron chi connectivity index (χ2n) is 3.54. The predicted molar refractivity (Wildman–Crippen MR) is 58.5 cm³/mol. The van der Waals surface area contributed by atoms with E-state index < -0.39 is 30.1 Å². The maximum atomic E-state index is 11.4. The molecule has 8 nitrogen and oxygen atoms in total. The van der Waals surface area contributed by atoms with Gasteiger partial charge in [-0.1, -0.05) is 0 Å². The zero-order valence-electron chi connectivity index (χ0n) is 10.7. The molecule has 0 unspecified atom stereocenters. The monoisotopic (exact) mass is 274 g/mol. The third-order valence-electron chi connectivity index (χ3n) is 2.37. The fourth-order valence-electron chi connectivity index (χ4n) is 1.42. The van der Waals surface area contributed by atoms with Crippen LogP contribution in [0.4, 0.5) is 0 Å². The molecule has 1 rings (SSSR count). The molecule has 1 heterocycles. The van der Waals surface area contributed by atoms with Crippen molar-refractivity contribution in [3.05, 3.63) is 11.6 Å². The van der Waals surface area contributed by atoms with Gasteiger partial charge in [-0.05, 0) is 6.08 Å². The molecule has 8 heteroatoms. The van der Waals surface area contributed by atoms with E-state index in [4.69, 9.17) is 9.78 Å². The molecule has 0 bridgehead atoms. The average molecular weight is 274 g/mol. The topological polar surface area (TPSA) is 97.4 Å². The van der Waals surface area contributed by atoms with E-state index in [1.54, 1.807) is 0 Å². The normalized spacial score (nSPS) is 21.4. The molecule has 0 saturated carbocycles. The van der Waals surface area contributed by atoms with Gasteiger partial charge in [-0.25, -0.2) is 24.2 Å². The Hall–Kier alpha value is -1.93. The maximum Gasteiger partial charge on any atom is 0.345 e. The first-order chi connectivity index (χ1) is 9.03. The van der Waals surface area contributed by atoms with Gasteiger partial charge in [0.1, 0.15) is 11.7 Å². The quantitative estimate of drug-likeness (QED) is 0.169. The standard InChI is InChI=1S/C11H14O8/c1-15-9(12)7(10(13)16-2)4-6-5-8(19-18-6)11(14)17-3/h4,6,8H,5H2,1-3H3/t6-,8+/m1/s1. The van der Waals surface area contributed by atoms with Gasteiger partial charge in [0.2, 0.25) is 0 Å². The van der Waals surface area contributed by atoms with Gasteiger partial charge < -0.3 is 14.2 Å². The van der Waals surface area contributed by atoms with Crippen LogP contribution < -0.4 is 0 Å². The van der Waals surface area contributed by atoms with Crippen molar-refractivity contribution in [1.29, 1.82) is 0 Å². The lowest BCUT2D eigenvalue weighted by molar-refractivity contribution is -0.287. The number of carbonyl (C=O) groups is 3. The largest absolute Gasteiger partial charge is 0.467 e. The van der Waals surface area contributed by atoms with Crippen LogP contribution in [-0.2, 0) is 38.4 Å². The fourth-order valence-corrected chi connectivity index (χ4v) is 1.42. The summed E-state index contributed by atoms with van der Waals surface area (Å²) in [6.45, 7) is 0. The smallest absolute Gasteiger partial charge is 0.345 e. The highest BCUT2D eigenvalue weighted by molar-refractivity contribution is 6.14.